The number of aryl methyl sites for hydroxylation is 1. The van der Waals surface area contributed by atoms with Gasteiger partial charge in [0.2, 0.25) is 10.0 Å². The van der Waals surface area contributed by atoms with E-state index < -0.39 is 10.0 Å². The number of primary sulfonamides is 1. The zero-order valence-corrected chi connectivity index (χ0v) is 12.8. The van der Waals surface area contributed by atoms with Gasteiger partial charge < -0.3 is 5.32 Å². The molecule has 0 spiro atoms. The molecular weight excluding hydrogens is 276 g/mol. The van der Waals surface area contributed by atoms with Crippen LogP contribution in [0.5, 0.6) is 0 Å². The van der Waals surface area contributed by atoms with Gasteiger partial charge in [0.1, 0.15) is 0 Å². The monoisotopic (exact) mass is 296 g/mol. The molecular formula is C14H20N2O3S. The summed E-state index contributed by atoms with van der Waals surface area (Å²) in [5.41, 5.74) is 1.40. The molecule has 5 nitrogen and oxygen atoms in total. The number of nitrogens with two attached hydrogens (primary N) is 1. The molecule has 20 heavy (non-hydrogen) atoms. The Balaban J connectivity index is 2.07. The van der Waals surface area contributed by atoms with Gasteiger partial charge in [0.25, 0.3) is 5.91 Å². The molecule has 1 aromatic rings. The molecule has 110 valence electrons. The predicted molar refractivity (Wildman–Crippen MR) is 76.8 cm³/mol. The first-order valence-electron chi connectivity index (χ1n) is 6.53. The van der Waals surface area contributed by atoms with Gasteiger partial charge in [-0.2, -0.15) is 0 Å². The highest BCUT2D eigenvalue weighted by molar-refractivity contribution is 7.89. The lowest BCUT2D eigenvalue weighted by atomic mass is 10.1. The van der Waals surface area contributed by atoms with Crippen LogP contribution in [0.15, 0.2) is 23.1 Å². The maximum atomic E-state index is 12.1. The summed E-state index contributed by atoms with van der Waals surface area (Å²) in [6.07, 6.45) is 1.12. The summed E-state index contributed by atoms with van der Waals surface area (Å²) in [6.45, 7) is 6.71. The minimum atomic E-state index is -3.73. The minimum Gasteiger partial charge on any atom is -0.352 e. The summed E-state index contributed by atoms with van der Waals surface area (Å²) in [7, 11) is -3.73. The van der Waals surface area contributed by atoms with Crippen LogP contribution in [0.2, 0.25) is 0 Å². The second-order valence-electron chi connectivity index (χ2n) is 6.12. The fourth-order valence-corrected chi connectivity index (χ4v) is 2.90. The lowest BCUT2D eigenvalue weighted by Crippen LogP contribution is -2.27. The number of amides is 1. The molecule has 3 N–H and O–H groups in total. The van der Waals surface area contributed by atoms with Gasteiger partial charge in [-0.05, 0) is 48.4 Å². The topological polar surface area (TPSA) is 89.3 Å². The van der Waals surface area contributed by atoms with Crippen molar-refractivity contribution in [3.63, 3.8) is 0 Å². The van der Waals surface area contributed by atoms with Gasteiger partial charge >= 0.3 is 0 Å². The van der Waals surface area contributed by atoms with E-state index in [-0.39, 0.29) is 10.8 Å². The van der Waals surface area contributed by atoms with Gasteiger partial charge in [-0.1, -0.05) is 13.8 Å². The maximum absolute atomic E-state index is 12.1. The van der Waals surface area contributed by atoms with Crippen LogP contribution in [0.1, 0.15) is 36.2 Å². The van der Waals surface area contributed by atoms with E-state index >= 15 is 0 Å². The molecule has 1 saturated carbocycles. The Kier molecular flexibility index (Phi) is 3.64. The summed E-state index contributed by atoms with van der Waals surface area (Å²) >= 11 is 0. The van der Waals surface area contributed by atoms with Crippen LogP contribution in [0.4, 0.5) is 0 Å². The third-order valence-electron chi connectivity index (χ3n) is 4.00. The largest absolute Gasteiger partial charge is 0.352 e. The average Bonchev–Trinajstić information content (AvgIpc) is 2.92. The normalized spacial score (nSPS) is 20.5. The van der Waals surface area contributed by atoms with E-state index in [9.17, 15) is 13.2 Å². The maximum Gasteiger partial charge on any atom is 0.251 e. The van der Waals surface area contributed by atoms with E-state index in [1.165, 1.54) is 18.2 Å². The summed E-state index contributed by atoms with van der Waals surface area (Å²) in [6, 6.07) is 4.28. The number of hydrogen-bond acceptors (Lipinski definition) is 3. The van der Waals surface area contributed by atoms with Crippen molar-refractivity contribution in [2.24, 2.45) is 16.5 Å². The molecule has 1 unspecified atom stereocenters. The van der Waals surface area contributed by atoms with E-state index in [0.29, 0.717) is 29.0 Å². The van der Waals surface area contributed by atoms with Crippen molar-refractivity contribution in [3.05, 3.63) is 29.3 Å². The Bertz CT molecular complexity index is 650. The van der Waals surface area contributed by atoms with Crippen LogP contribution in [0.3, 0.4) is 0 Å². The highest BCUT2D eigenvalue weighted by Crippen LogP contribution is 2.50. The molecule has 1 aliphatic carbocycles. The number of carbonyl (C=O) groups excluding carboxylic acids is 1. The minimum absolute atomic E-state index is 0.0230. The number of nitrogens with one attached hydrogen (secondary N) is 1. The molecule has 0 bridgehead atoms. The van der Waals surface area contributed by atoms with Crippen molar-refractivity contribution in [1.82, 2.24) is 5.32 Å². The van der Waals surface area contributed by atoms with Crippen LogP contribution in [0.25, 0.3) is 0 Å². The van der Waals surface area contributed by atoms with E-state index in [2.05, 4.69) is 19.2 Å². The smallest absolute Gasteiger partial charge is 0.251 e. The van der Waals surface area contributed by atoms with Crippen LogP contribution in [-0.4, -0.2) is 20.9 Å². The lowest BCUT2D eigenvalue weighted by molar-refractivity contribution is 0.0950. The van der Waals surface area contributed by atoms with E-state index in [1.54, 1.807) is 6.92 Å². The number of rotatable bonds is 4. The van der Waals surface area contributed by atoms with Gasteiger partial charge in [0.15, 0.2) is 0 Å². The van der Waals surface area contributed by atoms with Crippen molar-refractivity contribution < 1.29 is 13.2 Å². The van der Waals surface area contributed by atoms with E-state index in [4.69, 9.17) is 5.14 Å². The lowest BCUT2D eigenvalue weighted by Gasteiger charge is -2.09. The van der Waals surface area contributed by atoms with Crippen LogP contribution >= 0.6 is 0 Å². The van der Waals surface area contributed by atoms with Crippen molar-refractivity contribution in [2.45, 2.75) is 32.1 Å². The summed E-state index contributed by atoms with van der Waals surface area (Å²) < 4.78 is 22.5. The second kappa shape index (κ2) is 4.86. The zero-order chi connectivity index (χ0) is 15.1. The molecule has 0 saturated heterocycles. The van der Waals surface area contributed by atoms with Gasteiger partial charge in [-0.3, -0.25) is 4.79 Å². The molecule has 2 rings (SSSR count). The Morgan fingerprint density at radius 3 is 2.50 bits per heavy atom. The number of sulfonamides is 1. The van der Waals surface area contributed by atoms with Gasteiger partial charge in [0.05, 0.1) is 4.90 Å². The first kappa shape index (κ1) is 15.0. The first-order valence-corrected chi connectivity index (χ1v) is 8.07. The number of hydrogen-bond donors (Lipinski definition) is 2. The Morgan fingerprint density at radius 1 is 1.45 bits per heavy atom. The van der Waals surface area contributed by atoms with Gasteiger partial charge in [-0.15, -0.1) is 0 Å². The van der Waals surface area contributed by atoms with Crippen molar-refractivity contribution >= 4 is 15.9 Å². The predicted octanol–water partition coefficient (Wildman–Crippen LogP) is 1.42. The first-order chi connectivity index (χ1) is 9.11. The Labute approximate surface area is 119 Å². The zero-order valence-electron chi connectivity index (χ0n) is 11.9. The SMILES string of the molecule is Cc1cc(S(N)(=O)=O)ccc1C(=O)NCC1CC1(C)C. The molecule has 1 fully saturated rings. The van der Waals surface area contributed by atoms with Crippen molar-refractivity contribution in [1.29, 1.82) is 0 Å². The van der Waals surface area contributed by atoms with Crippen molar-refractivity contribution in [3.8, 4) is 0 Å². The quantitative estimate of drug-likeness (QED) is 0.880. The second-order valence-corrected chi connectivity index (χ2v) is 7.68. The fourth-order valence-electron chi connectivity index (χ4n) is 2.30. The molecule has 1 atom stereocenters. The molecule has 1 amide bonds. The van der Waals surface area contributed by atoms with Crippen LogP contribution in [0, 0.1) is 18.3 Å². The molecule has 1 aromatic carbocycles. The summed E-state index contributed by atoms with van der Waals surface area (Å²) in [4.78, 5) is 12.1. The molecule has 0 radical (unpaired) electrons. The number of carbonyl (C=O) groups is 1. The van der Waals surface area contributed by atoms with E-state index in [1.807, 2.05) is 0 Å². The third-order valence-corrected chi connectivity index (χ3v) is 4.91. The standard InChI is InChI=1S/C14H20N2O3S/c1-9-6-11(20(15,18)19)4-5-12(9)13(17)16-8-10-7-14(10,2)3/h4-6,10H,7-8H2,1-3H3,(H,16,17)(H2,15,18,19). The molecule has 0 aliphatic heterocycles. The van der Waals surface area contributed by atoms with E-state index in [0.717, 1.165) is 6.42 Å². The summed E-state index contributed by atoms with van der Waals surface area (Å²) in [5.74, 6) is 0.349. The molecule has 0 heterocycles. The molecule has 0 aromatic heterocycles. The highest BCUT2D eigenvalue weighted by Gasteiger charge is 2.45. The number of benzene rings is 1. The Hall–Kier alpha value is -1.40. The van der Waals surface area contributed by atoms with Crippen LogP contribution < -0.4 is 10.5 Å². The third kappa shape index (κ3) is 3.19. The fraction of sp³-hybridized carbons (Fsp3) is 0.500. The molecule has 6 heteroatoms. The molecule has 1 aliphatic rings. The van der Waals surface area contributed by atoms with Crippen LogP contribution in [-0.2, 0) is 10.0 Å². The van der Waals surface area contributed by atoms with Gasteiger partial charge in [0, 0.05) is 12.1 Å². The van der Waals surface area contributed by atoms with Crippen molar-refractivity contribution in [2.75, 3.05) is 6.54 Å². The summed E-state index contributed by atoms with van der Waals surface area (Å²) in [5, 5.41) is 7.96. The average molecular weight is 296 g/mol. The van der Waals surface area contributed by atoms with Gasteiger partial charge in [-0.25, -0.2) is 13.6 Å². The highest BCUT2D eigenvalue weighted by atomic mass is 32.2. The Morgan fingerprint density at radius 2 is 2.05 bits per heavy atom.